The van der Waals surface area contributed by atoms with E-state index in [4.69, 9.17) is 5.73 Å². The van der Waals surface area contributed by atoms with Gasteiger partial charge in [-0.3, -0.25) is 9.78 Å². The van der Waals surface area contributed by atoms with E-state index in [9.17, 15) is 4.79 Å². The molecule has 0 atom stereocenters. The third-order valence-electron chi connectivity index (χ3n) is 2.38. The van der Waals surface area contributed by atoms with Crippen LogP contribution in [0.4, 0.5) is 0 Å². The first-order valence-electron chi connectivity index (χ1n) is 5.00. The van der Waals surface area contributed by atoms with Gasteiger partial charge in [0.2, 0.25) is 5.91 Å². The summed E-state index contributed by atoms with van der Waals surface area (Å²) in [6.07, 6.45) is 1.72. The molecule has 0 aliphatic heterocycles. The molecule has 0 saturated carbocycles. The van der Waals surface area contributed by atoms with Gasteiger partial charge >= 0.3 is 0 Å². The smallest absolute Gasteiger partial charge is 0.249 e. The summed E-state index contributed by atoms with van der Waals surface area (Å²) in [4.78, 5) is 15.5. The van der Waals surface area contributed by atoms with E-state index < -0.39 is 5.91 Å². The van der Waals surface area contributed by atoms with Crippen molar-refractivity contribution in [3.8, 4) is 11.3 Å². The monoisotopic (exact) mass is 212 g/mol. The summed E-state index contributed by atoms with van der Waals surface area (Å²) in [5.74, 6) is -0.432. The van der Waals surface area contributed by atoms with Gasteiger partial charge in [0.05, 0.1) is 5.69 Å². The second-order valence-electron chi connectivity index (χ2n) is 3.63. The second kappa shape index (κ2) is 4.14. The lowest BCUT2D eigenvalue weighted by atomic mass is 10.0. The highest BCUT2D eigenvalue weighted by atomic mass is 16.1. The predicted octanol–water partition coefficient (Wildman–Crippen LogP) is 2.16. The van der Waals surface area contributed by atoms with E-state index in [0.717, 1.165) is 16.8 Å². The molecule has 2 aromatic rings. The van der Waals surface area contributed by atoms with Gasteiger partial charge in [0.25, 0.3) is 0 Å². The van der Waals surface area contributed by atoms with Crippen LogP contribution in [0.2, 0.25) is 0 Å². The highest BCUT2D eigenvalue weighted by Crippen LogP contribution is 2.21. The third kappa shape index (κ3) is 1.93. The van der Waals surface area contributed by atoms with Crippen LogP contribution in [0.5, 0.6) is 0 Å². The molecule has 0 unspecified atom stereocenters. The summed E-state index contributed by atoms with van der Waals surface area (Å²) in [7, 11) is 0. The minimum atomic E-state index is -0.432. The normalized spacial score (nSPS) is 10.1. The van der Waals surface area contributed by atoms with Gasteiger partial charge in [-0.15, -0.1) is 0 Å². The van der Waals surface area contributed by atoms with E-state index in [1.54, 1.807) is 18.3 Å². The molecule has 1 heterocycles. The summed E-state index contributed by atoms with van der Waals surface area (Å²) in [5.41, 5.74) is 8.47. The van der Waals surface area contributed by atoms with E-state index in [0.29, 0.717) is 5.56 Å². The van der Waals surface area contributed by atoms with Crippen molar-refractivity contribution >= 4 is 5.91 Å². The van der Waals surface area contributed by atoms with Crippen LogP contribution >= 0.6 is 0 Å². The van der Waals surface area contributed by atoms with Crippen molar-refractivity contribution < 1.29 is 4.79 Å². The van der Waals surface area contributed by atoms with Crippen molar-refractivity contribution in [2.75, 3.05) is 0 Å². The summed E-state index contributed by atoms with van der Waals surface area (Å²) in [5, 5.41) is 0. The van der Waals surface area contributed by atoms with E-state index >= 15 is 0 Å². The Hall–Kier alpha value is -2.16. The first-order chi connectivity index (χ1) is 7.68. The lowest BCUT2D eigenvalue weighted by molar-refractivity contribution is 0.100. The number of rotatable bonds is 2. The molecule has 2 rings (SSSR count). The Labute approximate surface area is 93.9 Å². The van der Waals surface area contributed by atoms with Crippen molar-refractivity contribution in [2.24, 2.45) is 5.73 Å². The van der Waals surface area contributed by atoms with Crippen LogP contribution in [0, 0.1) is 6.92 Å². The molecule has 0 spiro atoms. The number of nitrogens with zero attached hydrogens (tertiary/aromatic N) is 1. The van der Waals surface area contributed by atoms with Crippen molar-refractivity contribution in [3.63, 3.8) is 0 Å². The zero-order valence-corrected chi connectivity index (χ0v) is 8.97. The Kier molecular flexibility index (Phi) is 2.68. The minimum absolute atomic E-state index is 0.432. The fraction of sp³-hybridized carbons (Fsp3) is 0.0769. The molecule has 1 amide bonds. The van der Waals surface area contributed by atoms with Gasteiger partial charge in [-0.25, -0.2) is 0 Å². The summed E-state index contributed by atoms with van der Waals surface area (Å²) >= 11 is 0. The zero-order valence-electron chi connectivity index (χ0n) is 8.97. The van der Waals surface area contributed by atoms with Crippen molar-refractivity contribution in [3.05, 3.63) is 53.7 Å². The fourth-order valence-corrected chi connectivity index (χ4v) is 1.60. The number of pyridine rings is 1. The first-order valence-corrected chi connectivity index (χ1v) is 5.00. The number of amides is 1. The lowest BCUT2D eigenvalue weighted by Crippen LogP contribution is -2.12. The number of carbonyl (C=O) groups excluding carboxylic acids is 1. The molecule has 0 radical (unpaired) electrons. The molecule has 2 N–H and O–H groups in total. The molecule has 16 heavy (non-hydrogen) atoms. The van der Waals surface area contributed by atoms with Crippen LogP contribution in [-0.2, 0) is 0 Å². The van der Waals surface area contributed by atoms with Crippen LogP contribution in [0.15, 0.2) is 42.6 Å². The number of primary amides is 1. The molecule has 0 aliphatic rings. The van der Waals surface area contributed by atoms with E-state index in [1.165, 1.54) is 0 Å². The van der Waals surface area contributed by atoms with Crippen LogP contribution in [0.25, 0.3) is 11.3 Å². The number of carbonyl (C=O) groups is 1. The number of aryl methyl sites for hydroxylation is 1. The van der Waals surface area contributed by atoms with Crippen LogP contribution < -0.4 is 5.73 Å². The van der Waals surface area contributed by atoms with Gasteiger partial charge in [-0.1, -0.05) is 18.2 Å². The van der Waals surface area contributed by atoms with E-state index in [-0.39, 0.29) is 0 Å². The predicted molar refractivity (Wildman–Crippen MR) is 62.9 cm³/mol. The SMILES string of the molecule is Cc1ccnc(-c2ccccc2C(N)=O)c1. The summed E-state index contributed by atoms with van der Waals surface area (Å²) < 4.78 is 0. The molecular formula is C13H12N2O. The Morgan fingerprint density at radius 2 is 2.00 bits per heavy atom. The molecule has 3 heteroatoms. The first kappa shape index (κ1) is 10.4. The lowest BCUT2D eigenvalue weighted by Gasteiger charge is -2.06. The molecule has 1 aromatic heterocycles. The quantitative estimate of drug-likeness (QED) is 0.829. The zero-order chi connectivity index (χ0) is 11.5. The molecule has 0 saturated heterocycles. The van der Waals surface area contributed by atoms with Gasteiger partial charge in [0, 0.05) is 17.3 Å². The molecule has 80 valence electrons. The van der Waals surface area contributed by atoms with Gasteiger partial charge < -0.3 is 5.73 Å². The topological polar surface area (TPSA) is 56.0 Å². The third-order valence-corrected chi connectivity index (χ3v) is 2.38. The van der Waals surface area contributed by atoms with Gasteiger partial charge in [-0.2, -0.15) is 0 Å². The molecular weight excluding hydrogens is 200 g/mol. The Balaban J connectivity index is 2.60. The van der Waals surface area contributed by atoms with Crippen LogP contribution in [0.3, 0.4) is 0 Å². The van der Waals surface area contributed by atoms with Crippen molar-refractivity contribution in [1.82, 2.24) is 4.98 Å². The van der Waals surface area contributed by atoms with E-state index in [2.05, 4.69) is 4.98 Å². The largest absolute Gasteiger partial charge is 0.366 e. The highest BCUT2D eigenvalue weighted by Gasteiger charge is 2.09. The van der Waals surface area contributed by atoms with Crippen molar-refractivity contribution in [2.45, 2.75) is 6.92 Å². The standard InChI is InChI=1S/C13H12N2O/c1-9-6-7-15-12(8-9)10-4-2-3-5-11(10)13(14)16/h2-8H,1H3,(H2,14,16). The minimum Gasteiger partial charge on any atom is -0.366 e. The Morgan fingerprint density at radius 1 is 1.25 bits per heavy atom. The average molecular weight is 212 g/mol. The fourth-order valence-electron chi connectivity index (χ4n) is 1.60. The maximum absolute atomic E-state index is 11.3. The average Bonchev–Trinajstić information content (AvgIpc) is 2.29. The number of hydrogen-bond donors (Lipinski definition) is 1. The molecule has 3 nitrogen and oxygen atoms in total. The maximum Gasteiger partial charge on any atom is 0.249 e. The van der Waals surface area contributed by atoms with Gasteiger partial charge in [0.1, 0.15) is 0 Å². The second-order valence-corrected chi connectivity index (χ2v) is 3.63. The highest BCUT2D eigenvalue weighted by molar-refractivity contribution is 5.99. The number of hydrogen-bond acceptors (Lipinski definition) is 2. The summed E-state index contributed by atoms with van der Waals surface area (Å²) in [6.45, 7) is 1.98. The molecule has 0 aliphatic carbocycles. The van der Waals surface area contributed by atoms with E-state index in [1.807, 2.05) is 31.2 Å². The van der Waals surface area contributed by atoms with Gasteiger partial charge in [-0.05, 0) is 30.7 Å². The summed E-state index contributed by atoms with van der Waals surface area (Å²) in [6, 6.07) is 11.1. The number of nitrogens with two attached hydrogens (primary N) is 1. The number of benzene rings is 1. The Morgan fingerprint density at radius 3 is 2.69 bits per heavy atom. The maximum atomic E-state index is 11.3. The molecule has 0 fully saturated rings. The Bertz CT molecular complexity index is 535. The van der Waals surface area contributed by atoms with Gasteiger partial charge in [0.15, 0.2) is 0 Å². The molecule has 0 bridgehead atoms. The molecule has 1 aromatic carbocycles. The van der Waals surface area contributed by atoms with Crippen LogP contribution in [-0.4, -0.2) is 10.9 Å². The number of aromatic nitrogens is 1. The van der Waals surface area contributed by atoms with Crippen molar-refractivity contribution in [1.29, 1.82) is 0 Å². The van der Waals surface area contributed by atoms with Crippen LogP contribution in [0.1, 0.15) is 15.9 Å².